The van der Waals surface area contributed by atoms with Crippen molar-refractivity contribution >= 4 is 0 Å². The van der Waals surface area contributed by atoms with Gasteiger partial charge in [-0.25, -0.2) is 9.67 Å². The average Bonchev–Trinajstić information content (AvgIpc) is 2.76. The molecule has 0 spiro atoms. The summed E-state index contributed by atoms with van der Waals surface area (Å²) in [6, 6.07) is 0.472. The molecule has 1 N–H and O–H groups in total. The van der Waals surface area contributed by atoms with Gasteiger partial charge in [0, 0.05) is 36.7 Å². The maximum absolute atomic E-state index is 4.24. The van der Waals surface area contributed by atoms with Crippen molar-refractivity contribution in [2.45, 2.75) is 26.4 Å². The van der Waals surface area contributed by atoms with E-state index in [-0.39, 0.29) is 0 Å². The van der Waals surface area contributed by atoms with Crippen LogP contribution in [0, 0.1) is 0 Å². The third-order valence-electron chi connectivity index (χ3n) is 2.13. The van der Waals surface area contributed by atoms with Crippen LogP contribution in [0.3, 0.4) is 0 Å². The smallest absolute Gasteiger partial charge is 0.171 e. The third kappa shape index (κ3) is 2.64. The molecule has 2 aromatic rings. The van der Waals surface area contributed by atoms with Crippen LogP contribution in [0.1, 0.15) is 19.4 Å². The van der Waals surface area contributed by atoms with E-state index < -0.39 is 0 Å². The molecule has 16 heavy (non-hydrogen) atoms. The van der Waals surface area contributed by atoms with Crippen LogP contribution in [0.4, 0.5) is 0 Å². The molecule has 2 rings (SSSR count). The fourth-order valence-corrected chi connectivity index (χ4v) is 1.31. The molecule has 0 saturated heterocycles. The Bertz CT molecular complexity index is 435. The largest absolute Gasteiger partial charge is 0.310 e. The number of hydrogen-bond acceptors (Lipinski definition) is 4. The zero-order valence-corrected chi connectivity index (χ0v) is 9.46. The van der Waals surface area contributed by atoms with Crippen LogP contribution >= 0.6 is 0 Å². The molecule has 5 heteroatoms. The Morgan fingerprint density at radius 2 is 2.19 bits per heavy atom. The zero-order valence-electron chi connectivity index (χ0n) is 9.46. The van der Waals surface area contributed by atoms with E-state index in [0.717, 1.165) is 17.9 Å². The van der Waals surface area contributed by atoms with Crippen molar-refractivity contribution in [1.82, 2.24) is 25.1 Å². The molecular formula is C11H15N5. The van der Waals surface area contributed by atoms with Gasteiger partial charge in [-0.2, -0.15) is 5.10 Å². The SMILES string of the molecule is CC(C)NCc1cnn(-c2cnccn2)c1. The minimum absolute atomic E-state index is 0.472. The molecule has 0 aromatic carbocycles. The molecule has 0 aliphatic carbocycles. The summed E-state index contributed by atoms with van der Waals surface area (Å²) in [5.74, 6) is 0.735. The summed E-state index contributed by atoms with van der Waals surface area (Å²) in [6.45, 7) is 5.05. The first-order valence-corrected chi connectivity index (χ1v) is 5.29. The molecule has 0 radical (unpaired) electrons. The van der Waals surface area contributed by atoms with Crippen molar-refractivity contribution in [1.29, 1.82) is 0 Å². The summed E-state index contributed by atoms with van der Waals surface area (Å²) >= 11 is 0. The molecule has 0 fully saturated rings. The molecule has 5 nitrogen and oxygen atoms in total. The second kappa shape index (κ2) is 4.85. The number of hydrogen-bond donors (Lipinski definition) is 1. The first kappa shape index (κ1) is 10.8. The maximum Gasteiger partial charge on any atom is 0.171 e. The fraction of sp³-hybridized carbons (Fsp3) is 0.364. The van der Waals surface area contributed by atoms with Crippen molar-refractivity contribution in [3.05, 3.63) is 36.5 Å². The van der Waals surface area contributed by atoms with Crippen molar-refractivity contribution in [2.24, 2.45) is 0 Å². The van der Waals surface area contributed by atoms with E-state index in [1.54, 1.807) is 23.3 Å². The maximum atomic E-state index is 4.24. The first-order valence-electron chi connectivity index (χ1n) is 5.29. The molecule has 0 aliphatic rings. The lowest BCUT2D eigenvalue weighted by Gasteiger charge is -2.05. The molecule has 0 aliphatic heterocycles. The Labute approximate surface area is 94.5 Å². The predicted molar refractivity (Wildman–Crippen MR) is 61.1 cm³/mol. The molecule has 2 heterocycles. The lowest BCUT2D eigenvalue weighted by molar-refractivity contribution is 0.589. The van der Waals surface area contributed by atoms with Gasteiger partial charge in [-0.3, -0.25) is 4.98 Å². The van der Waals surface area contributed by atoms with Gasteiger partial charge in [0.2, 0.25) is 0 Å². The van der Waals surface area contributed by atoms with Gasteiger partial charge in [-0.1, -0.05) is 13.8 Å². The van der Waals surface area contributed by atoms with Crippen LogP contribution in [0.5, 0.6) is 0 Å². The average molecular weight is 217 g/mol. The normalized spacial score (nSPS) is 10.9. The van der Waals surface area contributed by atoms with Crippen LogP contribution in [0.25, 0.3) is 5.82 Å². The highest BCUT2D eigenvalue weighted by Gasteiger charge is 2.02. The number of rotatable bonds is 4. The first-order chi connectivity index (χ1) is 7.75. The Balaban J connectivity index is 2.08. The van der Waals surface area contributed by atoms with Gasteiger partial charge in [-0.15, -0.1) is 0 Å². The molecule has 84 valence electrons. The zero-order chi connectivity index (χ0) is 11.4. The highest BCUT2D eigenvalue weighted by molar-refractivity contribution is 5.18. The molecule has 0 saturated carbocycles. The van der Waals surface area contributed by atoms with E-state index in [9.17, 15) is 0 Å². The van der Waals surface area contributed by atoms with Gasteiger partial charge < -0.3 is 5.32 Å². The minimum Gasteiger partial charge on any atom is -0.310 e. The standard InChI is InChI=1S/C11H15N5/c1-9(2)14-5-10-6-15-16(8-10)11-7-12-3-4-13-11/h3-4,6-9,14H,5H2,1-2H3. The minimum atomic E-state index is 0.472. The Hall–Kier alpha value is -1.75. The third-order valence-corrected chi connectivity index (χ3v) is 2.13. The summed E-state index contributed by atoms with van der Waals surface area (Å²) in [4.78, 5) is 8.18. The lowest BCUT2D eigenvalue weighted by atomic mass is 10.3. The highest BCUT2D eigenvalue weighted by Crippen LogP contribution is 2.03. The molecule has 2 aromatic heterocycles. The summed E-state index contributed by atoms with van der Waals surface area (Å²) in [5, 5.41) is 7.58. The second-order valence-corrected chi connectivity index (χ2v) is 3.89. The topological polar surface area (TPSA) is 55.6 Å². The van der Waals surface area contributed by atoms with Crippen LogP contribution in [0.2, 0.25) is 0 Å². The number of aromatic nitrogens is 4. The van der Waals surface area contributed by atoms with E-state index >= 15 is 0 Å². The van der Waals surface area contributed by atoms with Gasteiger partial charge in [0.15, 0.2) is 5.82 Å². The summed E-state index contributed by atoms with van der Waals surface area (Å²) < 4.78 is 1.73. The van der Waals surface area contributed by atoms with Crippen LogP contribution in [-0.4, -0.2) is 25.8 Å². The van der Waals surface area contributed by atoms with Crippen LogP contribution in [-0.2, 0) is 6.54 Å². The molecule has 0 amide bonds. The van der Waals surface area contributed by atoms with Crippen molar-refractivity contribution in [3.8, 4) is 5.82 Å². The number of nitrogens with zero attached hydrogens (tertiary/aromatic N) is 4. The Morgan fingerprint density at radius 1 is 1.31 bits per heavy atom. The van der Waals surface area contributed by atoms with Crippen LogP contribution < -0.4 is 5.32 Å². The van der Waals surface area contributed by atoms with Gasteiger partial charge in [-0.05, 0) is 0 Å². The molecule has 0 bridgehead atoms. The van der Waals surface area contributed by atoms with Crippen LogP contribution in [0.15, 0.2) is 31.0 Å². The molecular weight excluding hydrogens is 202 g/mol. The van der Waals surface area contributed by atoms with Gasteiger partial charge in [0.05, 0.1) is 12.4 Å². The number of nitrogens with one attached hydrogen (secondary N) is 1. The van der Waals surface area contributed by atoms with E-state index in [2.05, 4.69) is 34.2 Å². The van der Waals surface area contributed by atoms with E-state index in [1.807, 2.05) is 12.4 Å². The Kier molecular flexibility index (Phi) is 3.26. The van der Waals surface area contributed by atoms with Crippen molar-refractivity contribution in [2.75, 3.05) is 0 Å². The quantitative estimate of drug-likeness (QED) is 0.835. The molecule has 0 atom stereocenters. The second-order valence-electron chi connectivity index (χ2n) is 3.89. The summed E-state index contributed by atoms with van der Waals surface area (Å²) in [6.07, 6.45) is 8.79. The van der Waals surface area contributed by atoms with E-state index in [1.165, 1.54) is 0 Å². The predicted octanol–water partition coefficient (Wildman–Crippen LogP) is 1.16. The summed E-state index contributed by atoms with van der Waals surface area (Å²) in [5.41, 5.74) is 1.14. The van der Waals surface area contributed by atoms with Crippen molar-refractivity contribution < 1.29 is 0 Å². The Morgan fingerprint density at radius 3 is 2.88 bits per heavy atom. The van der Waals surface area contributed by atoms with E-state index in [0.29, 0.717) is 6.04 Å². The monoisotopic (exact) mass is 217 g/mol. The fourth-order valence-electron chi connectivity index (χ4n) is 1.31. The van der Waals surface area contributed by atoms with Gasteiger partial charge >= 0.3 is 0 Å². The van der Waals surface area contributed by atoms with Gasteiger partial charge in [0.25, 0.3) is 0 Å². The highest BCUT2D eigenvalue weighted by atomic mass is 15.3. The van der Waals surface area contributed by atoms with Gasteiger partial charge in [0.1, 0.15) is 0 Å². The van der Waals surface area contributed by atoms with E-state index in [4.69, 9.17) is 0 Å². The summed E-state index contributed by atoms with van der Waals surface area (Å²) in [7, 11) is 0. The van der Waals surface area contributed by atoms with Crippen molar-refractivity contribution in [3.63, 3.8) is 0 Å². The molecule has 0 unspecified atom stereocenters. The lowest BCUT2D eigenvalue weighted by Crippen LogP contribution is -2.21.